The highest BCUT2D eigenvalue weighted by atomic mass is 32.2. The summed E-state index contributed by atoms with van der Waals surface area (Å²) in [5.74, 6) is 0.0893. The molecule has 0 radical (unpaired) electrons. The molecule has 0 amide bonds. The average Bonchev–Trinajstić information content (AvgIpc) is 2.53. The van der Waals surface area contributed by atoms with Crippen LogP contribution in [0.5, 0.6) is 0 Å². The van der Waals surface area contributed by atoms with Crippen LogP contribution in [0.2, 0.25) is 0 Å². The molecule has 4 heteroatoms. The lowest BCUT2D eigenvalue weighted by atomic mass is 9.96. The molecule has 0 saturated heterocycles. The number of aryl methyl sites for hydroxylation is 1. The minimum absolute atomic E-state index is 0.0893. The molecular formula is C18H22O3S. The van der Waals surface area contributed by atoms with Gasteiger partial charge in [-0.1, -0.05) is 61.4 Å². The van der Waals surface area contributed by atoms with Crippen LogP contribution in [0.1, 0.15) is 36.8 Å². The Morgan fingerprint density at radius 3 is 2.23 bits per heavy atom. The first-order valence-corrected chi connectivity index (χ1v) is 8.95. The smallest absolute Gasteiger partial charge is 0.266 e. The maximum atomic E-state index is 12.3. The summed E-state index contributed by atoms with van der Waals surface area (Å²) < 4.78 is 29.8. The fourth-order valence-electron chi connectivity index (χ4n) is 2.36. The van der Waals surface area contributed by atoms with Crippen LogP contribution in [0, 0.1) is 6.92 Å². The molecule has 0 heterocycles. The maximum Gasteiger partial charge on any atom is 0.296 e. The Kier molecular flexibility index (Phi) is 5.75. The summed E-state index contributed by atoms with van der Waals surface area (Å²) in [6.45, 7) is 4.18. The lowest BCUT2D eigenvalue weighted by Gasteiger charge is -2.16. The minimum Gasteiger partial charge on any atom is -0.266 e. The first-order chi connectivity index (χ1) is 10.5. The van der Waals surface area contributed by atoms with Gasteiger partial charge in [0.15, 0.2) is 0 Å². The van der Waals surface area contributed by atoms with Crippen molar-refractivity contribution in [2.45, 2.75) is 37.5 Å². The Balaban J connectivity index is 2.10. The third kappa shape index (κ3) is 4.42. The Bertz CT molecular complexity index is 676. The predicted octanol–water partition coefficient (Wildman–Crippen LogP) is 4.28. The SMILES string of the molecule is CCC[C@H](COS(=O)(=O)c1ccc(C)cc1)c1ccccc1. The molecule has 3 nitrogen and oxygen atoms in total. The Labute approximate surface area is 133 Å². The zero-order valence-corrected chi connectivity index (χ0v) is 13.8. The highest BCUT2D eigenvalue weighted by Crippen LogP contribution is 2.23. The van der Waals surface area contributed by atoms with Crippen LogP contribution in [-0.4, -0.2) is 15.0 Å². The summed E-state index contributed by atoms with van der Waals surface area (Å²) in [6, 6.07) is 16.6. The summed E-state index contributed by atoms with van der Waals surface area (Å²) in [4.78, 5) is 0.210. The van der Waals surface area contributed by atoms with E-state index in [1.165, 1.54) is 0 Å². The largest absolute Gasteiger partial charge is 0.296 e. The summed E-state index contributed by atoms with van der Waals surface area (Å²) in [7, 11) is -3.70. The first-order valence-electron chi connectivity index (χ1n) is 7.54. The normalized spacial score (nSPS) is 13.0. The molecule has 0 spiro atoms. The average molecular weight is 318 g/mol. The van der Waals surface area contributed by atoms with Crippen molar-refractivity contribution in [3.8, 4) is 0 Å². The standard InChI is InChI=1S/C18H22O3S/c1-3-7-17(16-8-5-4-6-9-16)14-21-22(19,20)18-12-10-15(2)11-13-18/h4-6,8-13,17H,3,7,14H2,1-2H3/t17-/m1/s1. The van der Waals surface area contributed by atoms with Gasteiger partial charge < -0.3 is 0 Å². The Morgan fingerprint density at radius 1 is 1.00 bits per heavy atom. The molecule has 0 aliphatic heterocycles. The van der Waals surface area contributed by atoms with Crippen LogP contribution in [0.25, 0.3) is 0 Å². The number of hydrogen-bond donors (Lipinski definition) is 0. The van der Waals surface area contributed by atoms with Gasteiger partial charge in [0.2, 0.25) is 0 Å². The Morgan fingerprint density at radius 2 is 1.64 bits per heavy atom. The van der Waals surface area contributed by atoms with E-state index in [2.05, 4.69) is 6.92 Å². The van der Waals surface area contributed by atoms with Crippen LogP contribution < -0.4 is 0 Å². The van der Waals surface area contributed by atoms with E-state index >= 15 is 0 Å². The van der Waals surface area contributed by atoms with E-state index in [9.17, 15) is 8.42 Å². The van der Waals surface area contributed by atoms with Gasteiger partial charge in [0.05, 0.1) is 11.5 Å². The van der Waals surface area contributed by atoms with Crippen LogP contribution >= 0.6 is 0 Å². The van der Waals surface area contributed by atoms with Gasteiger partial charge in [0.25, 0.3) is 10.1 Å². The second-order valence-corrected chi connectivity index (χ2v) is 7.06. The number of benzene rings is 2. The van der Waals surface area contributed by atoms with E-state index in [0.29, 0.717) is 0 Å². The van der Waals surface area contributed by atoms with Gasteiger partial charge in [-0.2, -0.15) is 8.42 Å². The molecule has 1 atom stereocenters. The minimum atomic E-state index is -3.70. The molecular weight excluding hydrogens is 296 g/mol. The van der Waals surface area contributed by atoms with Crippen molar-refractivity contribution in [1.29, 1.82) is 0 Å². The highest BCUT2D eigenvalue weighted by Gasteiger charge is 2.19. The second kappa shape index (κ2) is 7.56. The summed E-state index contributed by atoms with van der Waals surface area (Å²) in [5.41, 5.74) is 2.13. The van der Waals surface area contributed by atoms with Crippen molar-refractivity contribution < 1.29 is 12.6 Å². The molecule has 0 N–H and O–H groups in total. The van der Waals surface area contributed by atoms with Crippen molar-refractivity contribution in [3.05, 3.63) is 65.7 Å². The molecule has 118 valence electrons. The fourth-order valence-corrected chi connectivity index (χ4v) is 3.31. The third-order valence-corrected chi connectivity index (χ3v) is 4.94. The van der Waals surface area contributed by atoms with Crippen LogP contribution in [0.3, 0.4) is 0 Å². The molecule has 0 saturated carbocycles. The molecule has 0 unspecified atom stereocenters. The first kappa shape index (κ1) is 16.7. The van der Waals surface area contributed by atoms with E-state index in [1.54, 1.807) is 24.3 Å². The molecule has 2 aromatic rings. The van der Waals surface area contributed by atoms with E-state index in [-0.39, 0.29) is 17.4 Å². The van der Waals surface area contributed by atoms with Gasteiger partial charge in [0, 0.05) is 5.92 Å². The van der Waals surface area contributed by atoms with Gasteiger partial charge in [-0.05, 0) is 31.0 Å². The summed E-state index contributed by atoms with van der Waals surface area (Å²) >= 11 is 0. The molecule has 0 aliphatic carbocycles. The van der Waals surface area contributed by atoms with Crippen LogP contribution in [-0.2, 0) is 14.3 Å². The van der Waals surface area contributed by atoms with E-state index in [4.69, 9.17) is 4.18 Å². The highest BCUT2D eigenvalue weighted by molar-refractivity contribution is 7.86. The monoisotopic (exact) mass is 318 g/mol. The maximum absolute atomic E-state index is 12.3. The van der Waals surface area contributed by atoms with Crippen molar-refractivity contribution in [1.82, 2.24) is 0 Å². The lowest BCUT2D eigenvalue weighted by Crippen LogP contribution is -2.14. The van der Waals surface area contributed by atoms with Crippen molar-refractivity contribution in [2.24, 2.45) is 0 Å². The van der Waals surface area contributed by atoms with Crippen molar-refractivity contribution in [3.63, 3.8) is 0 Å². The van der Waals surface area contributed by atoms with Gasteiger partial charge in [-0.3, -0.25) is 4.18 Å². The summed E-state index contributed by atoms with van der Waals surface area (Å²) in [6.07, 6.45) is 1.88. The van der Waals surface area contributed by atoms with Gasteiger partial charge in [-0.25, -0.2) is 0 Å². The van der Waals surface area contributed by atoms with Crippen molar-refractivity contribution in [2.75, 3.05) is 6.61 Å². The summed E-state index contributed by atoms with van der Waals surface area (Å²) in [5, 5.41) is 0. The molecule has 22 heavy (non-hydrogen) atoms. The third-order valence-electron chi connectivity index (χ3n) is 3.64. The molecule has 0 fully saturated rings. The molecule has 0 bridgehead atoms. The van der Waals surface area contributed by atoms with Crippen LogP contribution in [0.15, 0.2) is 59.5 Å². The molecule has 2 rings (SSSR count). The van der Waals surface area contributed by atoms with E-state index in [1.807, 2.05) is 37.3 Å². The second-order valence-electron chi connectivity index (χ2n) is 5.45. The zero-order chi connectivity index (χ0) is 16.0. The van der Waals surface area contributed by atoms with E-state index in [0.717, 1.165) is 24.0 Å². The quantitative estimate of drug-likeness (QED) is 0.716. The molecule has 0 aromatic heterocycles. The number of hydrogen-bond acceptors (Lipinski definition) is 3. The lowest BCUT2D eigenvalue weighted by molar-refractivity contribution is 0.284. The predicted molar refractivity (Wildman–Crippen MR) is 88.4 cm³/mol. The van der Waals surface area contributed by atoms with Crippen molar-refractivity contribution >= 4 is 10.1 Å². The molecule has 2 aromatic carbocycles. The van der Waals surface area contributed by atoms with E-state index < -0.39 is 10.1 Å². The van der Waals surface area contributed by atoms with Gasteiger partial charge in [-0.15, -0.1) is 0 Å². The fraction of sp³-hybridized carbons (Fsp3) is 0.333. The number of rotatable bonds is 7. The molecule has 0 aliphatic rings. The van der Waals surface area contributed by atoms with Gasteiger partial charge in [0.1, 0.15) is 0 Å². The Hall–Kier alpha value is -1.65. The zero-order valence-electron chi connectivity index (χ0n) is 13.0. The van der Waals surface area contributed by atoms with Gasteiger partial charge >= 0.3 is 0 Å². The topological polar surface area (TPSA) is 43.4 Å². The van der Waals surface area contributed by atoms with Crippen LogP contribution in [0.4, 0.5) is 0 Å².